The molecule has 0 amide bonds. The van der Waals surface area contributed by atoms with Gasteiger partial charge in [-0.1, -0.05) is 0 Å². The molecule has 1 rings (SSSR count). The quantitative estimate of drug-likeness (QED) is 0.781. The third-order valence-electron chi connectivity index (χ3n) is 1.40. The van der Waals surface area contributed by atoms with Gasteiger partial charge < -0.3 is 5.11 Å². The first-order valence-electron chi connectivity index (χ1n) is 3.47. The fraction of sp³-hybridized carbons (Fsp3) is 0.222. The molecule has 3 heteroatoms. The molecule has 12 heavy (non-hydrogen) atoms. The Hall–Kier alpha value is -0.850. The third kappa shape index (κ3) is 2.33. The molecule has 0 aliphatic rings. The van der Waals surface area contributed by atoms with E-state index in [4.69, 9.17) is 6.42 Å². The zero-order chi connectivity index (χ0) is 8.97. The molecule has 1 unspecified atom stereocenters. The number of aliphatic hydroxyl groups excluding tert-OH is 1. The molecule has 1 N–H and O–H groups in total. The summed E-state index contributed by atoms with van der Waals surface area (Å²) in [5.74, 6) is 2.38. The Morgan fingerprint density at radius 3 is 2.92 bits per heavy atom. The second-order valence-electron chi connectivity index (χ2n) is 2.33. The molecular weight excluding hydrogens is 218 g/mol. The van der Waals surface area contributed by atoms with Gasteiger partial charge in [-0.05, 0) is 28.1 Å². The Balaban J connectivity index is 2.76. The molecule has 0 saturated heterocycles. The number of rotatable bonds is 2. The molecule has 0 fully saturated rings. The summed E-state index contributed by atoms with van der Waals surface area (Å²) in [6.45, 7) is 0. The lowest BCUT2D eigenvalue weighted by Crippen LogP contribution is -1.98. The number of aromatic nitrogens is 1. The van der Waals surface area contributed by atoms with Crippen molar-refractivity contribution in [3.8, 4) is 12.3 Å². The van der Waals surface area contributed by atoms with E-state index < -0.39 is 6.10 Å². The highest BCUT2D eigenvalue weighted by molar-refractivity contribution is 9.10. The van der Waals surface area contributed by atoms with Gasteiger partial charge in [0.15, 0.2) is 0 Å². The SMILES string of the molecule is C#CCC(O)c1ccc(Br)cn1. The number of hydrogen-bond acceptors (Lipinski definition) is 2. The normalized spacial score (nSPS) is 12.1. The summed E-state index contributed by atoms with van der Waals surface area (Å²) in [5.41, 5.74) is 0.608. The number of pyridine rings is 1. The van der Waals surface area contributed by atoms with Crippen LogP contribution in [-0.4, -0.2) is 10.1 Å². The monoisotopic (exact) mass is 225 g/mol. The van der Waals surface area contributed by atoms with Gasteiger partial charge in [-0.25, -0.2) is 0 Å². The zero-order valence-electron chi connectivity index (χ0n) is 6.37. The number of terminal acetylenes is 1. The van der Waals surface area contributed by atoms with Crippen LogP contribution >= 0.6 is 15.9 Å². The van der Waals surface area contributed by atoms with Gasteiger partial charge in [0.05, 0.1) is 5.69 Å². The molecule has 0 spiro atoms. The van der Waals surface area contributed by atoms with E-state index >= 15 is 0 Å². The molecule has 0 aromatic carbocycles. The first kappa shape index (κ1) is 9.24. The van der Waals surface area contributed by atoms with E-state index in [1.807, 2.05) is 6.07 Å². The summed E-state index contributed by atoms with van der Waals surface area (Å²) in [7, 11) is 0. The smallest absolute Gasteiger partial charge is 0.107 e. The lowest BCUT2D eigenvalue weighted by molar-refractivity contribution is 0.179. The Bertz CT molecular complexity index is 288. The van der Waals surface area contributed by atoms with E-state index in [2.05, 4.69) is 26.8 Å². The van der Waals surface area contributed by atoms with E-state index in [9.17, 15) is 5.11 Å². The summed E-state index contributed by atoms with van der Waals surface area (Å²) in [5, 5.41) is 9.39. The van der Waals surface area contributed by atoms with E-state index in [0.29, 0.717) is 12.1 Å². The van der Waals surface area contributed by atoms with Crippen LogP contribution in [0, 0.1) is 12.3 Å². The van der Waals surface area contributed by atoms with Crippen molar-refractivity contribution in [1.82, 2.24) is 4.98 Å². The zero-order valence-corrected chi connectivity index (χ0v) is 7.95. The van der Waals surface area contributed by atoms with E-state index in [0.717, 1.165) is 4.47 Å². The first-order chi connectivity index (χ1) is 5.74. The first-order valence-corrected chi connectivity index (χ1v) is 4.26. The van der Waals surface area contributed by atoms with Crippen LogP contribution in [0.15, 0.2) is 22.8 Å². The minimum atomic E-state index is -0.650. The lowest BCUT2D eigenvalue weighted by Gasteiger charge is -2.04. The molecule has 1 aromatic heterocycles. The summed E-state index contributed by atoms with van der Waals surface area (Å²) in [6, 6.07) is 3.56. The Morgan fingerprint density at radius 1 is 1.67 bits per heavy atom. The molecule has 0 saturated carbocycles. The fourth-order valence-electron chi connectivity index (χ4n) is 0.801. The van der Waals surface area contributed by atoms with Crippen LogP contribution in [0.25, 0.3) is 0 Å². The van der Waals surface area contributed by atoms with Crippen molar-refractivity contribution in [2.24, 2.45) is 0 Å². The van der Waals surface area contributed by atoms with Gasteiger partial charge in [-0.15, -0.1) is 12.3 Å². The lowest BCUT2D eigenvalue weighted by atomic mass is 10.2. The maximum absolute atomic E-state index is 9.39. The standard InChI is InChI=1S/C9H8BrNO/c1-2-3-9(12)8-5-4-7(10)6-11-8/h1,4-6,9,12H,3H2. The van der Waals surface area contributed by atoms with Crippen LogP contribution in [0.4, 0.5) is 0 Å². The predicted octanol–water partition coefficient (Wildman–Crippen LogP) is 1.90. The van der Waals surface area contributed by atoms with E-state index in [-0.39, 0.29) is 0 Å². The fourth-order valence-corrected chi connectivity index (χ4v) is 1.04. The van der Waals surface area contributed by atoms with Crippen molar-refractivity contribution >= 4 is 15.9 Å². The minimum absolute atomic E-state index is 0.300. The number of halogens is 1. The predicted molar refractivity (Wildman–Crippen MR) is 50.3 cm³/mol. The van der Waals surface area contributed by atoms with Gasteiger partial charge in [-0.3, -0.25) is 4.98 Å². The number of nitrogens with zero attached hydrogens (tertiary/aromatic N) is 1. The van der Waals surface area contributed by atoms with E-state index in [1.165, 1.54) is 0 Å². The van der Waals surface area contributed by atoms with Gasteiger partial charge >= 0.3 is 0 Å². The van der Waals surface area contributed by atoms with Crippen molar-refractivity contribution in [3.05, 3.63) is 28.5 Å². The summed E-state index contributed by atoms with van der Waals surface area (Å²) in [4.78, 5) is 4.00. The second-order valence-corrected chi connectivity index (χ2v) is 3.24. The average Bonchev–Trinajstić information content (AvgIpc) is 2.06. The topological polar surface area (TPSA) is 33.1 Å². The largest absolute Gasteiger partial charge is 0.386 e. The molecule has 0 aliphatic heterocycles. The minimum Gasteiger partial charge on any atom is -0.386 e. The van der Waals surface area contributed by atoms with Crippen LogP contribution in [0.1, 0.15) is 18.2 Å². The van der Waals surface area contributed by atoms with Crippen LogP contribution < -0.4 is 0 Å². The van der Waals surface area contributed by atoms with Gasteiger partial charge in [0.25, 0.3) is 0 Å². The van der Waals surface area contributed by atoms with Gasteiger partial charge in [0.2, 0.25) is 0 Å². The molecule has 62 valence electrons. The summed E-state index contributed by atoms with van der Waals surface area (Å²) < 4.78 is 0.888. The maximum Gasteiger partial charge on any atom is 0.107 e. The summed E-state index contributed by atoms with van der Waals surface area (Å²) >= 11 is 3.25. The maximum atomic E-state index is 9.39. The Morgan fingerprint density at radius 2 is 2.42 bits per heavy atom. The van der Waals surface area contributed by atoms with Gasteiger partial charge in [-0.2, -0.15) is 0 Å². The van der Waals surface area contributed by atoms with Crippen molar-refractivity contribution in [1.29, 1.82) is 0 Å². The Kier molecular flexibility index (Phi) is 3.27. The van der Waals surface area contributed by atoms with Crippen LogP contribution in [-0.2, 0) is 0 Å². The van der Waals surface area contributed by atoms with E-state index in [1.54, 1.807) is 12.3 Å². The van der Waals surface area contributed by atoms with Crippen LogP contribution in [0.5, 0.6) is 0 Å². The molecule has 1 atom stereocenters. The molecule has 2 nitrogen and oxygen atoms in total. The molecular formula is C9H8BrNO. The van der Waals surface area contributed by atoms with Crippen molar-refractivity contribution in [3.63, 3.8) is 0 Å². The van der Waals surface area contributed by atoms with Crippen LogP contribution in [0.2, 0.25) is 0 Å². The van der Waals surface area contributed by atoms with Crippen molar-refractivity contribution < 1.29 is 5.11 Å². The molecule has 1 aromatic rings. The number of hydrogen-bond donors (Lipinski definition) is 1. The molecule has 1 heterocycles. The van der Waals surface area contributed by atoms with Gasteiger partial charge in [0.1, 0.15) is 6.10 Å². The third-order valence-corrected chi connectivity index (χ3v) is 1.87. The van der Waals surface area contributed by atoms with Crippen molar-refractivity contribution in [2.45, 2.75) is 12.5 Å². The second kappa shape index (κ2) is 4.24. The molecule has 0 radical (unpaired) electrons. The number of aliphatic hydroxyl groups is 1. The summed E-state index contributed by atoms with van der Waals surface area (Å²) in [6.07, 6.45) is 6.33. The highest BCUT2D eigenvalue weighted by atomic mass is 79.9. The average molecular weight is 226 g/mol. The van der Waals surface area contributed by atoms with Crippen LogP contribution in [0.3, 0.4) is 0 Å². The molecule has 0 bridgehead atoms. The highest BCUT2D eigenvalue weighted by Gasteiger charge is 2.05. The highest BCUT2D eigenvalue weighted by Crippen LogP contribution is 2.15. The Labute approximate surface area is 79.8 Å². The van der Waals surface area contributed by atoms with Crippen molar-refractivity contribution in [2.75, 3.05) is 0 Å². The van der Waals surface area contributed by atoms with Gasteiger partial charge in [0, 0.05) is 17.1 Å². The molecule has 0 aliphatic carbocycles.